The van der Waals surface area contributed by atoms with Crippen molar-refractivity contribution in [1.82, 2.24) is 5.32 Å². The zero-order chi connectivity index (χ0) is 17.2. The largest absolute Gasteiger partial charge is 0.490 e. The van der Waals surface area contributed by atoms with Crippen LogP contribution in [0.1, 0.15) is 17.5 Å². The van der Waals surface area contributed by atoms with Gasteiger partial charge in [-0.15, -0.1) is 0 Å². The topological polar surface area (TPSA) is 71.3 Å². The van der Waals surface area contributed by atoms with Crippen molar-refractivity contribution in [1.29, 1.82) is 5.26 Å². The van der Waals surface area contributed by atoms with Crippen LogP contribution < -0.4 is 14.8 Å². The number of nitrogens with one attached hydrogen (secondary N) is 1. The fourth-order valence-electron chi connectivity index (χ4n) is 2.07. The van der Waals surface area contributed by atoms with Crippen molar-refractivity contribution in [3.05, 3.63) is 59.7 Å². The van der Waals surface area contributed by atoms with E-state index in [1.807, 2.05) is 61.5 Å². The van der Waals surface area contributed by atoms with Crippen molar-refractivity contribution < 1.29 is 14.3 Å². The van der Waals surface area contributed by atoms with Crippen molar-refractivity contribution in [3.8, 4) is 17.6 Å². The summed E-state index contributed by atoms with van der Waals surface area (Å²) in [5, 5.41) is 11.1. The van der Waals surface area contributed by atoms with E-state index in [2.05, 4.69) is 5.32 Å². The summed E-state index contributed by atoms with van der Waals surface area (Å²) in [7, 11) is 0. The second kappa shape index (κ2) is 9.21. The molecule has 0 aliphatic heterocycles. The van der Waals surface area contributed by atoms with Gasteiger partial charge in [0.05, 0.1) is 6.07 Å². The van der Waals surface area contributed by atoms with Gasteiger partial charge in [-0.05, 0) is 36.2 Å². The number of para-hydroxylation sites is 1. The Balaban J connectivity index is 1.71. The molecule has 0 fully saturated rings. The van der Waals surface area contributed by atoms with Crippen LogP contribution in [-0.2, 0) is 11.3 Å². The predicted molar refractivity (Wildman–Crippen MR) is 90.7 cm³/mol. The summed E-state index contributed by atoms with van der Waals surface area (Å²) < 4.78 is 11.3. The molecule has 0 saturated heterocycles. The molecule has 2 aromatic rings. The number of aryl methyl sites for hydroxylation is 1. The maximum absolute atomic E-state index is 11.2. The van der Waals surface area contributed by atoms with Crippen LogP contribution in [0.2, 0.25) is 0 Å². The fraction of sp³-hybridized carbons (Fsp3) is 0.263. The van der Waals surface area contributed by atoms with Crippen molar-refractivity contribution in [2.24, 2.45) is 0 Å². The van der Waals surface area contributed by atoms with Gasteiger partial charge >= 0.3 is 0 Å². The summed E-state index contributed by atoms with van der Waals surface area (Å²) in [6.07, 6.45) is -0.123. The van der Waals surface area contributed by atoms with E-state index in [1.54, 1.807) is 0 Å². The van der Waals surface area contributed by atoms with Crippen LogP contribution in [-0.4, -0.2) is 19.1 Å². The SMILES string of the molecule is Cc1ccccc1OCCOc1ccc(CNC(=O)CC#N)cc1. The minimum Gasteiger partial charge on any atom is -0.490 e. The summed E-state index contributed by atoms with van der Waals surface area (Å²) in [5.41, 5.74) is 2.05. The summed E-state index contributed by atoms with van der Waals surface area (Å²) in [5.74, 6) is 1.34. The van der Waals surface area contributed by atoms with Crippen LogP contribution in [0.5, 0.6) is 11.5 Å². The summed E-state index contributed by atoms with van der Waals surface area (Å²) >= 11 is 0. The normalized spacial score (nSPS) is 9.83. The van der Waals surface area contributed by atoms with Crippen molar-refractivity contribution in [2.45, 2.75) is 19.9 Å². The van der Waals surface area contributed by atoms with E-state index in [0.29, 0.717) is 19.8 Å². The average Bonchev–Trinajstić information content (AvgIpc) is 2.59. The molecule has 0 aliphatic carbocycles. The maximum Gasteiger partial charge on any atom is 0.234 e. The van der Waals surface area contributed by atoms with Crippen LogP contribution in [0.25, 0.3) is 0 Å². The van der Waals surface area contributed by atoms with E-state index >= 15 is 0 Å². The molecule has 0 spiro atoms. The minimum atomic E-state index is -0.272. The smallest absolute Gasteiger partial charge is 0.234 e. The summed E-state index contributed by atoms with van der Waals surface area (Å²) in [6.45, 7) is 3.32. The second-order valence-electron chi connectivity index (χ2n) is 5.22. The lowest BCUT2D eigenvalue weighted by Gasteiger charge is -2.10. The molecule has 24 heavy (non-hydrogen) atoms. The number of carbonyl (C=O) groups is 1. The molecule has 0 aliphatic rings. The Kier molecular flexibility index (Phi) is 6.66. The van der Waals surface area contributed by atoms with Gasteiger partial charge < -0.3 is 14.8 Å². The number of benzene rings is 2. The number of nitriles is 1. The molecule has 0 saturated carbocycles. The third-order valence-corrected chi connectivity index (χ3v) is 3.36. The van der Waals surface area contributed by atoms with E-state index < -0.39 is 0 Å². The van der Waals surface area contributed by atoms with Gasteiger partial charge in [-0.1, -0.05) is 30.3 Å². The van der Waals surface area contributed by atoms with Gasteiger partial charge in [0.2, 0.25) is 5.91 Å². The molecule has 0 aromatic heterocycles. The zero-order valence-corrected chi connectivity index (χ0v) is 13.6. The summed E-state index contributed by atoms with van der Waals surface area (Å²) in [4.78, 5) is 11.2. The standard InChI is InChI=1S/C19H20N2O3/c1-15-4-2-3-5-18(15)24-13-12-23-17-8-6-16(7-9-17)14-21-19(22)10-11-20/h2-9H,10,12-14H2,1H3,(H,21,22). The van der Waals surface area contributed by atoms with Gasteiger partial charge in [-0.2, -0.15) is 5.26 Å². The quantitative estimate of drug-likeness (QED) is 0.758. The zero-order valence-electron chi connectivity index (χ0n) is 13.6. The highest BCUT2D eigenvalue weighted by molar-refractivity contribution is 5.77. The molecule has 2 aromatic carbocycles. The van der Waals surface area contributed by atoms with Crippen molar-refractivity contribution >= 4 is 5.91 Å². The molecule has 1 N–H and O–H groups in total. The highest BCUT2D eigenvalue weighted by Crippen LogP contribution is 2.16. The van der Waals surface area contributed by atoms with Crippen molar-refractivity contribution in [2.75, 3.05) is 13.2 Å². The molecule has 0 bridgehead atoms. The van der Waals surface area contributed by atoms with Gasteiger partial charge in [0.1, 0.15) is 31.1 Å². The van der Waals surface area contributed by atoms with Gasteiger partial charge in [-0.25, -0.2) is 0 Å². The van der Waals surface area contributed by atoms with E-state index in [-0.39, 0.29) is 12.3 Å². The minimum absolute atomic E-state index is 0.123. The molecule has 2 rings (SSSR count). The van der Waals surface area contributed by atoms with Crippen LogP contribution in [0.4, 0.5) is 0 Å². The Morgan fingerprint density at radius 2 is 1.79 bits per heavy atom. The molecule has 5 heteroatoms. The Morgan fingerprint density at radius 3 is 2.50 bits per heavy atom. The molecular weight excluding hydrogens is 304 g/mol. The van der Waals surface area contributed by atoms with E-state index in [1.165, 1.54) is 0 Å². The Hall–Kier alpha value is -3.00. The number of hydrogen-bond donors (Lipinski definition) is 1. The first-order chi connectivity index (χ1) is 11.7. The first-order valence-electron chi connectivity index (χ1n) is 7.73. The Morgan fingerprint density at radius 1 is 1.08 bits per heavy atom. The third-order valence-electron chi connectivity index (χ3n) is 3.36. The van der Waals surface area contributed by atoms with Gasteiger partial charge in [0.25, 0.3) is 0 Å². The lowest BCUT2D eigenvalue weighted by molar-refractivity contribution is -0.120. The molecule has 124 valence electrons. The molecule has 0 radical (unpaired) electrons. The first-order valence-corrected chi connectivity index (χ1v) is 7.73. The second-order valence-corrected chi connectivity index (χ2v) is 5.22. The van der Waals surface area contributed by atoms with Gasteiger partial charge in [0, 0.05) is 6.54 Å². The maximum atomic E-state index is 11.2. The number of ether oxygens (including phenoxy) is 2. The summed E-state index contributed by atoms with van der Waals surface area (Å²) in [6, 6.07) is 17.1. The monoisotopic (exact) mass is 324 g/mol. The third kappa shape index (κ3) is 5.65. The van der Waals surface area contributed by atoms with Crippen LogP contribution in [0.15, 0.2) is 48.5 Å². The Labute approximate surface area is 141 Å². The first kappa shape index (κ1) is 17.4. The highest BCUT2D eigenvalue weighted by atomic mass is 16.5. The van der Waals surface area contributed by atoms with Crippen LogP contribution >= 0.6 is 0 Å². The lowest BCUT2D eigenvalue weighted by Crippen LogP contribution is -2.21. The van der Waals surface area contributed by atoms with Gasteiger partial charge in [-0.3, -0.25) is 4.79 Å². The molecule has 0 unspecified atom stereocenters. The number of amides is 1. The van der Waals surface area contributed by atoms with Crippen LogP contribution in [0.3, 0.4) is 0 Å². The predicted octanol–water partition coefficient (Wildman–Crippen LogP) is 2.98. The molecule has 1 amide bonds. The number of rotatable bonds is 8. The highest BCUT2D eigenvalue weighted by Gasteiger charge is 2.01. The van der Waals surface area contributed by atoms with E-state index in [9.17, 15) is 4.79 Å². The van der Waals surface area contributed by atoms with E-state index in [4.69, 9.17) is 14.7 Å². The number of carbonyl (C=O) groups excluding carboxylic acids is 1. The molecule has 0 atom stereocenters. The fourth-order valence-corrected chi connectivity index (χ4v) is 2.07. The molecule has 5 nitrogen and oxygen atoms in total. The average molecular weight is 324 g/mol. The lowest BCUT2D eigenvalue weighted by atomic mass is 10.2. The van der Waals surface area contributed by atoms with Crippen molar-refractivity contribution in [3.63, 3.8) is 0 Å². The Bertz CT molecular complexity index is 705. The number of hydrogen-bond acceptors (Lipinski definition) is 4. The van der Waals surface area contributed by atoms with Crippen LogP contribution in [0, 0.1) is 18.3 Å². The molecular formula is C19H20N2O3. The van der Waals surface area contributed by atoms with E-state index in [0.717, 1.165) is 22.6 Å². The molecule has 0 heterocycles. The van der Waals surface area contributed by atoms with Gasteiger partial charge in [0.15, 0.2) is 0 Å². The number of nitrogens with zero attached hydrogens (tertiary/aromatic N) is 1.